The molecule has 0 fully saturated rings. The zero-order chi connectivity index (χ0) is 21.9. The highest BCUT2D eigenvalue weighted by atomic mass is 32.1. The van der Waals surface area contributed by atoms with Gasteiger partial charge in [-0.15, -0.1) is 11.3 Å². The van der Waals surface area contributed by atoms with Crippen molar-refractivity contribution in [2.75, 3.05) is 13.1 Å². The van der Waals surface area contributed by atoms with Crippen molar-refractivity contribution in [1.82, 2.24) is 20.5 Å². The Kier molecular flexibility index (Phi) is 6.16. The second-order valence-corrected chi connectivity index (χ2v) is 8.50. The van der Waals surface area contributed by atoms with Gasteiger partial charge in [-0.05, 0) is 32.9 Å². The van der Waals surface area contributed by atoms with E-state index in [9.17, 15) is 19.2 Å². The Morgan fingerprint density at radius 2 is 1.67 bits per heavy atom. The minimum Gasteiger partial charge on any atom is -0.444 e. The van der Waals surface area contributed by atoms with E-state index in [4.69, 9.17) is 4.74 Å². The zero-order valence-corrected chi connectivity index (χ0v) is 17.7. The molecule has 0 saturated heterocycles. The van der Waals surface area contributed by atoms with Crippen molar-refractivity contribution in [2.45, 2.75) is 32.9 Å². The summed E-state index contributed by atoms with van der Waals surface area (Å²) >= 11 is 1.19. The first-order chi connectivity index (χ1) is 14.2. The van der Waals surface area contributed by atoms with Gasteiger partial charge in [0.25, 0.3) is 17.7 Å². The first-order valence-electron chi connectivity index (χ1n) is 9.30. The minimum absolute atomic E-state index is 0.00446. The number of fused-ring (bicyclic) bond motifs is 1. The molecule has 0 spiro atoms. The smallest absolute Gasteiger partial charge is 0.407 e. The molecule has 0 bridgehead atoms. The first kappa shape index (κ1) is 21.4. The maximum Gasteiger partial charge on any atom is 0.407 e. The second kappa shape index (κ2) is 8.62. The van der Waals surface area contributed by atoms with Crippen molar-refractivity contribution in [1.29, 1.82) is 0 Å². The van der Waals surface area contributed by atoms with Crippen LogP contribution >= 0.6 is 11.3 Å². The van der Waals surface area contributed by atoms with Crippen molar-refractivity contribution < 1.29 is 23.9 Å². The summed E-state index contributed by atoms with van der Waals surface area (Å²) in [7, 11) is 0. The summed E-state index contributed by atoms with van der Waals surface area (Å²) in [4.78, 5) is 54.0. The van der Waals surface area contributed by atoms with Crippen molar-refractivity contribution in [3.8, 4) is 0 Å². The second-order valence-electron chi connectivity index (χ2n) is 7.55. The predicted molar refractivity (Wildman–Crippen MR) is 109 cm³/mol. The molecule has 0 aliphatic carbocycles. The molecule has 158 valence electrons. The molecular formula is C20H22N4O5S. The Balaban J connectivity index is 1.49. The van der Waals surface area contributed by atoms with E-state index in [0.29, 0.717) is 16.1 Å². The minimum atomic E-state index is -0.593. The molecule has 9 nitrogen and oxygen atoms in total. The van der Waals surface area contributed by atoms with E-state index >= 15 is 0 Å². The number of alkyl carbamates (subject to hydrolysis) is 1. The molecule has 30 heavy (non-hydrogen) atoms. The Morgan fingerprint density at radius 3 is 2.27 bits per heavy atom. The fourth-order valence-corrected chi connectivity index (χ4v) is 3.51. The highest BCUT2D eigenvalue weighted by Gasteiger charge is 2.35. The lowest BCUT2D eigenvalue weighted by molar-refractivity contribution is 0.0525. The van der Waals surface area contributed by atoms with Crippen LogP contribution < -0.4 is 10.6 Å². The molecule has 1 aliphatic heterocycles. The first-order valence-corrected chi connectivity index (χ1v) is 10.2. The molecule has 0 atom stereocenters. The van der Waals surface area contributed by atoms with E-state index in [1.807, 2.05) is 0 Å². The molecule has 0 unspecified atom stereocenters. The van der Waals surface area contributed by atoms with E-state index < -0.39 is 17.6 Å². The van der Waals surface area contributed by atoms with Gasteiger partial charge in [0, 0.05) is 18.5 Å². The lowest BCUT2D eigenvalue weighted by Crippen LogP contribution is -2.37. The van der Waals surface area contributed by atoms with E-state index in [-0.39, 0.29) is 37.1 Å². The highest BCUT2D eigenvalue weighted by molar-refractivity contribution is 7.09. The third kappa shape index (κ3) is 5.01. The molecule has 10 heteroatoms. The number of hydrogen-bond acceptors (Lipinski definition) is 7. The molecular weight excluding hydrogens is 408 g/mol. The number of benzene rings is 1. The lowest BCUT2D eigenvalue weighted by Gasteiger charge is -2.19. The van der Waals surface area contributed by atoms with Gasteiger partial charge in [0.1, 0.15) is 16.3 Å². The molecule has 4 amide bonds. The number of imide groups is 1. The van der Waals surface area contributed by atoms with Crippen molar-refractivity contribution in [2.24, 2.45) is 0 Å². The van der Waals surface area contributed by atoms with Crippen LogP contribution in [-0.2, 0) is 11.3 Å². The number of nitrogens with zero attached hydrogens (tertiary/aromatic N) is 2. The maximum atomic E-state index is 12.4. The molecule has 0 radical (unpaired) electrons. The summed E-state index contributed by atoms with van der Waals surface area (Å²) < 4.78 is 5.10. The molecule has 3 rings (SSSR count). The van der Waals surface area contributed by atoms with Crippen molar-refractivity contribution in [3.05, 3.63) is 51.5 Å². The molecule has 1 aliphatic rings. The van der Waals surface area contributed by atoms with Gasteiger partial charge in [-0.2, -0.15) is 0 Å². The number of aromatic nitrogens is 1. The Bertz CT molecular complexity index is 960. The number of hydrogen-bond donors (Lipinski definition) is 2. The number of carbonyl (C=O) groups excluding carboxylic acids is 4. The van der Waals surface area contributed by atoms with Gasteiger partial charge >= 0.3 is 6.09 Å². The summed E-state index contributed by atoms with van der Waals surface area (Å²) in [5, 5.41) is 7.22. The quantitative estimate of drug-likeness (QED) is 0.536. The van der Waals surface area contributed by atoms with Crippen LogP contribution in [0.3, 0.4) is 0 Å². The fourth-order valence-electron chi connectivity index (χ4n) is 2.75. The summed E-state index contributed by atoms with van der Waals surface area (Å²) in [6.45, 7) is 5.68. The Labute approximate surface area is 177 Å². The highest BCUT2D eigenvalue weighted by Crippen LogP contribution is 2.25. The van der Waals surface area contributed by atoms with Crippen molar-refractivity contribution >= 4 is 35.2 Å². The van der Waals surface area contributed by atoms with Gasteiger partial charge in [-0.1, -0.05) is 12.1 Å². The molecule has 1 aromatic heterocycles. The van der Waals surface area contributed by atoms with Crippen LogP contribution in [0.25, 0.3) is 0 Å². The van der Waals surface area contributed by atoms with Gasteiger partial charge in [-0.3, -0.25) is 19.3 Å². The zero-order valence-electron chi connectivity index (χ0n) is 16.9. The van der Waals surface area contributed by atoms with Crippen LogP contribution in [0.1, 0.15) is 57.0 Å². The average Bonchev–Trinajstić information content (AvgIpc) is 3.24. The number of ether oxygens (including phenoxy) is 1. The van der Waals surface area contributed by atoms with Crippen LogP contribution in [-0.4, -0.2) is 52.4 Å². The number of amides is 4. The summed E-state index contributed by atoms with van der Waals surface area (Å²) in [5.74, 6) is -1.15. The maximum absolute atomic E-state index is 12.4. The van der Waals surface area contributed by atoms with Gasteiger partial charge in [-0.25, -0.2) is 9.78 Å². The third-order valence-corrected chi connectivity index (χ3v) is 4.87. The number of carbonyl (C=O) groups is 4. The summed E-state index contributed by atoms with van der Waals surface area (Å²) in [6.07, 6.45) is -0.561. The standard InChI is InChI=1S/C20H22N4O5S/c1-20(2,3)29-19(28)22-9-8-21-16(25)14-11-30-15(23-14)10-24-17(26)12-6-4-5-7-13(12)18(24)27/h4-7,11H,8-10H2,1-3H3,(H,21,25)(H,22,28). The predicted octanol–water partition coefficient (Wildman–Crippen LogP) is 2.19. The number of thiazole rings is 1. The van der Waals surface area contributed by atoms with Crippen LogP contribution in [0, 0.1) is 0 Å². The molecule has 0 saturated carbocycles. The Morgan fingerprint density at radius 1 is 1.07 bits per heavy atom. The average molecular weight is 430 g/mol. The van der Waals surface area contributed by atoms with Crippen molar-refractivity contribution in [3.63, 3.8) is 0 Å². The molecule has 2 aromatic rings. The number of nitrogens with one attached hydrogen (secondary N) is 2. The van der Waals surface area contributed by atoms with Gasteiger partial charge in [0.15, 0.2) is 0 Å². The topological polar surface area (TPSA) is 118 Å². The SMILES string of the molecule is CC(C)(C)OC(=O)NCCNC(=O)c1csc(CN2C(=O)c3ccccc3C2=O)n1. The van der Waals surface area contributed by atoms with Crippen LogP contribution in [0.2, 0.25) is 0 Å². The van der Waals surface area contributed by atoms with E-state index in [1.54, 1.807) is 50.4 Å². The van der Waals surface area contributed by atoms with Crippen LogP contribution in [0.5, 0.6) is 0 Å². The molecule has 2 heterocycles. The number of rotatable bonds is 6. The summed E-state index contributed by atoms with van der Waals surface area (Å²) in [5.41, 5.74) is 0.331. The normalized spacial score (nSPS) is 13.2. The van der Waals surface area contributed by atoms with E-state index in [2.05, 4.69) is 15.6 Å². The summed E-state index contributed by atoms with van der Waals surface area (Å²) in [6, 6.07) is 6.64. The third-order valence-electron chi connectivity index (χ3n) is 4.03. The van der Waals surface area contributed by atoms with E-state index in [1.165, 1.54) is 11.3 Å². The van der Waals surface area contributed by atoms with Gasteiger partial charge in [0.2, 0.25) is 0 Å². The van der Waals surface area contributed by atoms with Crippen LogP contribution in [0.4, 0.5) is 4.79 Å². The molecule has 2 N–H and O–H groups in total. The van der Waals surface area contributed by atoms with Gasteiger partial charge < -0.3 is 15.4 Å². The lowest BCUT2D eigenvalue weighted by atomic mass is 10.1. The largest absolute Gasteiger partial charge is 0.444 e. The monoisotopic (exact) mass is 430 g/mol. The fraction of sp³-hybridized carbons (Fsp3) is 0.350. The van der Waals surface area contributed by atoms with Crippen LogP contribution in [0.15, 0.2) is 29.6 Å². The Hall–Kier alpha value is -3.27. The molecule has 1 aromatic carbocycles. The van der Waals surface area contributed by atoms with E-state index in [0.717, 1.165) is 4.90 Å². The van der Waals surface area contributed by atoms with Gasteiger partial charge in [0.05, 0.1) is 17.7 Å².